The van der Waals surface area contributed by atoms with E-state index in [9.17, 15) is 0 Å². The first-order valence-corrected chi connectivity index (χ1v) is 9.05. The highest BCUT2D eigenvalue weighted by Gasteiger charge is 2.51. The Balaban J connectivity index is 1.32. The van der Waals surface area contributed by atoms with E-state index in [0.717, 1.165) is 24.5 Å². The summed E-state index contributed by atoms with van der Waals surface area (Å²) >= 11 is 0. The van der Waals surface area contributed by atoms with Crippen LogP contribution in [0.1, 0.15) is 12.8 Å². The molecule has 0 saturated carbocycles. The number of amidine groups is 1. The van der Waals surface area contributed by atoms with Crippen molar-refractivity contribution in [2.24, 2.45) is 10.9 Å². The van der Waals surface area contributed by atoms with Gasteiger partial charge in [-0.15, -0.1) is 0 Å². The molecule has 0 amide bonds. The van der Waals surface area contributed by atoms with Crippen molar-refractivity contribution in [1.82, 2.24) is 9.88 Å². The van der Waals surface area contributed by atoms with E-state index in [1.807, 2.05) is 36.5 Å². The van der Waals surface area contributed by atoms with Crippen LogP contribution in [-0.2, 0) is 4.74 Å². The summed E-state index contributed by atoms with van der Waals surface area (Å²) in [6.07, 6.45) is 4.28. The molecule has 1 aromatic carbocycles. The van der Waals surface area contributed by atoms with Crippen LogP contribution in [0.5, 0.6) is 0 Å². The van der Waals surface area contributed by atoms with Crippen LogP contribution in [0.4, 0.5) is 5.82 Å². The Morgan fingerprint density at radius 2 is 1.92 bits per heavy atom. The minimum absolute atomic E-state index is 0.115. The summed E-state index contributed by atoms with van der Waals surface area (Å²) in [6.45, 7) is 4.18. The molecule has 1 aromatic heterocycles. The Labute approximate surface area is 147 Å². The number of anilines is 1. The fraction of sp³-hybridized carbons (Fsp3) is 0.400. The van der Waals surface area contributed by atoms with Crippen LogP contribution in [0.25, 0.3) is 11.1 Å². The van der Waals surface area contributed by atoms with Gasteiger partial charge in [-0.25, -0.2) is 9.98 Å². The van der Waals surface area contributed by atoms with E-state index >= 15 is 0 Å². The Kier molecular flexibility index (Phi) is 3.48. The molecule has 1 N–H and O–H groups in total. The third kappa shape index (κ3) is 2.68. The average molecular weight is 334 g/mol. The fourth-order valence-corrected chi connectivity index (χ4v) is 4.37. The summed E-state index contributed by atoms with van der Waals surface area (Å²) in [5.74, 6) is 1.41. The number of hydrogen-bond donors (Lipinski definition) is 1. The van der Waals surface area contributed by atoms with Crippen molar-refractivity contribution in [2.75, 3.05) is 31.5 Å². The van der Waals surface area contributed by atoms with Gasteiger partial charge >= 0.3 is 0 Å². The van der Waals surface area contributed by atoms with Crippen molar-refractivity contribution >= 4 is 11.8 Å². The highest BCUT2D eigenvalue weighted by Crippen LogP contribution is 2.40. The van der Waals surface area contributed by atoms with Crippen molar-refractivity contribution in [1.29, 1.82) is 0 Å². The van der Waals surface area contributed by atoms with E-state index in [1.54, 1.807) is 0 Å². The second-order valence-corrected chi connectivity index (χ2v) is 7.26. The van der Waals surface area contributed by atoms with Crippen molar-refractivity contribution < 1.29 is 4.74 Å². The molecule has 3 saturated heterocycles. The maximum atomic E-state index is 6.33. The van der Waals surface area contributed by atoms with E-state index in [0.29, 0.717) is 11.9 Å². The van der Waals surface area contributed by atoms with Crippen molar-refractivity contribution in [3.8, 4) is 11.1 Å². The molecule has 128 valence electrons. The van der Waals surface area contributed by atoms with Gasteiger partial charge in [-0.05, 0) is 49.2 Å². The molecule has 6 rings (SSSR count). The van der Waals surface area contributed by atoms with Crippen LogP contribution in [0.2, 0.25) is 0 Å². The highest BCUT2D eigenvalue weighted by molar-refractivity contribution is 5.90. The molecular weight excluding hydrogens is 312 g/mol. The zero-order valence-electron chi connectivity index (χ0n) is 14.2. The number of rotatable bonds is 2. The smallest absolute Gasteiger partial charge is 0.291 e. The van der Waals surface area contributed by atoms with Gasteiger partial charge in [0, 0.05) is 18.7 Å². The molecule has 0 aliphatic carbocycles. The van der Waals surface area contributed by atoms with E-state index in [2.05, 4.69) is 32.3 Å². The van der Waals surface area contributed by atoms with E-state index in [4.69, 9.17) is 4.74 Å². The summed E-state index contributed by atoms with van der Waals surface area (Å²) in [5, 5.41) is 3.28. The molecule has 5 nitrogen and oxygen atoms in total. The number of aliphatic imine (C=N–C) groups is 1. The maximum absolute atomic E-state index is 6.33. The summed E-state index contributed by atoms with van der Waals surface area (Å²) in [6, 6.07) is 15.0. The van der Waals surface area contributed by atoms with Gasteiger partial charge < -0.3 is 4.74 Å². The van der Waals surface area contributed by atoms with Gasteiger partial charge in [-0.2, -0.15) is 0 Å². The van der Waals surface area contributed by atoms with E-state index in [-0.39, 0.29) is 5.60 Å². The second-order valence-electron chi connectivity index (χ2n) is 7.26. The third-order valence-electron chi connectivity index (χ3n) is 5.72. The molecule has 4 aliphatic heterocycles. The molecule has 5 heteroatoms. The first kappa shape index (κ1) is 14.9. The lowest BCUT2D eigenvalue weighted by Gasteiger charge is -2.50. The number of aromatic nitrogens is 1. The summed E-state index contributed by atoms with van der Waals surface area (Å²) in [7, 11) is 0. The van der Waals surface area contributed by atoms with Crippen LogP contribution in [0.15, 0.2) is 53.7 Å². The molecule has 2 aromatic rings. The van der Waals surface area contributed by atoms with Gasteiger partial charge in [0.25, 0.3) is 6.02 Å². The van der Waals surface area contributed by atoms with Gasteiger partial charge in [0.1, 0.15) is 11.4 Å². The monoisotopic (exact) mass is 334 g/mol. The lowest BCUT2D eigenvalue weighted by molar-refractivity contribution is -0.0829. The standard InChI is InChI=1S/C20H22N4O/c1-2-4-15(5-3-1)16-6-9-21-18(12-16)23-19-22-13-20(25-19)14-24-10-7-17(20)8-11-24/h1-6,9,12,17H,7-8,10-11,13-14H2,(H,21,22,23). The van der Waals surface area contributed by atoms with Crippen molar-refractivity contribution in [3.05, 3.63) is 48.7 Å². The average Bonchev–Trinajstić information content (AvgIpc) is 3.05. The molecule has 0 radical (unpaired) electrons. The molecule has 1 spiro atoms. The lowest BCUT2D eigenvalue weighted by atomic mass is 9.75. The molecule has 5 heterocycles. The van der Waals surface area contributed by atoms with Gasteiger partial charge in [-0.3, -0.25) is 10.2 Å². The topological polar surface area (TPSA) is 49.8 Å². The van der Waals surface area contributed by atoms with Gasteiger partial charge in [0.05, 0.1) is 6.54 Å². The third-order valence-corrected chi connectivity index (χ3v) is 5.72. The van der Waals surface area contributed by atoms with E-state index < -0.39 is 0 Å². The maximum Gasteiger partial charge on any atom is 0.291 e. The molecule has 1 atom stereocenters. The predicted molar refractivity (Wildman–Crippen MR) is 98.6 cm³/mol. The van der Waals surface area contributed by atoms with Gasteiger partial charge in [0.2, 0.25) is 0 Å². The first-order chi connectivity index (χ1) is 12.3. The normalized spacial score (nSPS) is 30.2. The minimum atomic E-state index is -0.115. The van der Waals surface area contributed by atoms with Crippen LogP contribution in [0.3, 0.4) is 0 Å². The van der Waals surface area contributed by atoms with Crippen LogP contribution < -0.4 is 5.32 Å². The Morgan fingerprint density at radius 1 is 1.08 bits per heavy atom. The lowest BCUT2D eigenvalue weighted by Crippen LogP contribution is -2.61. The number of ether oxygens (including phenoxy) is 1. The quantitative estimate of drug-likeness (QED) is 0.917. The highest BCUT2D eigenvalue weighted by atomic mass is 16.5. The second kappa shape index (κ2) is 5.85. The summed E-state index contributed by atoms with van der Waals surface area (Å²) in [4.78, 5) is 11.6. The van der Waals surface area contributed by atoms with Gasteiger partial charge in [-0.1, -0.05) is 30.3 Å². The van der Waals surface area contributed by atoms with Crippen LogP contribution in [-0.4, -0.2) is 47.7 Å². The number of nitrogens with one attached hydrogen (secondary N) is 1. The van der Waals surface area contributed by atoms with Crippen LogP contribution in [0, 0.1) is 5.92 Å². The summed E-state index contributed by atoms with van der Waals surface area (Å²) in [5.41, 5.74) is 2.20. The Hall–Kier alpha value is -2.40. The fourth-order valence-electron chi connectivity index (χ4n) is 4.37. The zero-order chi connectivity index (χ0) is 16.7. The number of fused-ring (bicyclic) bond motifs is 2. The molecule has 1 unspecified atom stereocenters. The molecule has 3 fully saturated rings. The molecule has 25 heavy (non-hydrogen) atoms. The number of piperidine rings is 3. The Morgan fingerprint density at radius 3 is 2.68 bits per heavy atom. The van der Waals surface area contributed by atoms with Gasteiger partial charge in [0.15, 0.2) is 0 Å². The number of nitrogens with zero attached hydrogens (tertiary/aromatic N) is 3. The Bertz CT molecular complexity index is 798. The predicted octanol–water partition coefficient (Wildman–Crippen LogP) is 3.01. The SMILES string of the molecule is c1ccc(-c2ccnc(NC3=NCC4(CN5CCC4CC5)O3)c2)cc1. The summed E-state index contributed by atoms with van der Waals surface area (Å²) < 4.78 is 6.33. The molecular formula is C20H22N4O. The van der Waals surface area contributed by atoms with Crippen molar-refractivity contribution in [3.63, 3.8) is 0 Å². The number of benzene rings is 1. The minimum Gasteiger partial charge on any atom is -0.455 e. The molecule has 2 bridgehead atoms. The first-order valence-electron chi connectivity index (χ1n) is 9.05. The largest absolute Gasteiger partial charge is 0.455 e. The number of pyridine rings is 1. The van der Waals surface area contributed by atoms with Crippen molar-refractivity contribution in [2.45, 2.75) is 18.4 Å². The molecule has 4 aliphatic rings. The van der Waals surface area contributed by atoms with E-state index in [1.165, 1.54) is 31.5 Å². The zero-order valence-corrected chi connectivity index (χ0v) is 14.2. The van der Waals surface area contributed by atoms with Crippen LogP contribution >= 0.6 is 0 Å². The number of hydrogen-bond acceptors (Lipinski definition) is 5.